The summed E-state index contributed by atoms with van der Waals surface area (Å²) in [5, 5.41) is 2.10. The van der Waals surface area contributed by atoms with E-state index in [9.17, 15) is 0 Å². The van der Waals surface area contributed by atoms with Crippen molar-refractivity contribution in [2.45, 2.75) is 6.54 Å². The average Bonchev–Trinajstić information content (AvgIpc) is 2.59. The van der Waals surface area contributed by atoms with Crippen LogP contribution in [0.25, 0.3) is 0 Å². The van der Waals surface area contributed by atoms with Crippen molar-refractivity contribution >= 4 is 38.9 Å². The lowest BCUT2D eigenvalue weighted by molar-refractivity contribution is 0.122. The number of hydrogen-bond donors (Lipinski definition) is 0. The Morgan fingerprint density at radius 1 is 1.53 bits per heavy atom. The van der Waals surface area contributed by atoms with Gasteiger partial charge in [0.15, 0.2) is 0 Å². The summed E-state index contributed by atoms with van der Waals surface area (Å²) in [6.07, 6.45) is 0. The predicted octanol–water partition coefficient (Wildman–Crippen LogP) is 3.20. The number of halogens is 2. The maximum atomic E-state index is 5.51. The molecule has 0 aliphatic carbocycles. The average molecular weight is 313 g/mol. The summed E-state index contributed by atoms with van der Waals surface area (Å²) in [6, 6.07) is 2.15. The Kier molecular flexibility index (Phi) is 6.84. The van der Waals surface area contributed by atoms with Crippen molar-refractivity contribution in [1.82, 2.24) is 4.90 Å². The molecule has 0 aliphatic rings. The lowest BCUT2D eigenvalue weighted by Crippen LogP contribution is -2.22. The third kappa shape index (κ3) is 5.88. The van der Waals surface area contributed by atoms with E-state index in [1.165, 1.54) is 4.88 Å². The summed E-state index contributed by atoms with van der Waals surface area (Å²) in [6.45, 7) is 3.29. The first-order valence-corrected chi connectivity index (χ1v) is 6.98. The van der Waals surface area contributed by atoms with Gasteiger partial charge in [-0.2, -0.15) is 0 Å². The van der Waals surface area contributed by atoms with Crippen molar-refractivity contribution in [3.63, 3.8) is 0 Å². The fourth-order valence-electron chi connectivity index (χ4n) is 1.16. The minimum Gasteiger partial charge on any atom is -0.379 e. The molecule has 0 N–H and O–H groups in total. The maximum Gasteiger partial charge on any atom is 0.0602 e. The van der Waals surface area contributed by atoms with E-state index in [1.807, 2.05) is 0 Å². The molecule has 0 unspecified atom stereocenters. The highest BCUT2D eigenvalue weighted by Gasteiger charge is 2.02. The van der Waals surface area contributed by atoms with Crippen LogP contribution in [0.1, 0.15) is 4.88 Å². The summed E-state index contributed by atoms with van der Waals surface area (Å²) < 4.78 is 6.48. The first-order valence-electron chi connectivity index (χ1n) is 4.77. The van der Waals surface area contributed by atoms with Crippen molar-refractivity contribution in [1.29, 1.82) is 0 Å². The van der Waals surface area contributed by atoms with Gasteiger partial charge >= 0.3 is 0 Å². The van der Waals surface area contributed by atoms with Crippen LogP contribution in [0.4, 0.5) is 0 Å². The second-order valence-electron chi connectivity index (χ2n) is 3.27. The molecule has 0 amide bonds. The van der Waals surface area contributed by atoms with Gasteiger partial charge in [0.25, 0.3) is 0 Å². The van der Waals surface area contributed by atoms with E-state index in [2.05, 4.69) is 39.3 Å². The Bertz CT molecular complexity index is 282. The summed E-state index contributed by atoms with van der Waals surface area (Å²) in [7, 11) is 2.09. The number of nitrogens with zero attached hydrogens (tertiary/aromatic N) is 1. The summed E-state index contributed by atoms with van der Waals surface area (Å²) in [5.41, 5.74) is 0. The lowest BCUT2D eigenvalue weighted by atomic mass is 10.4. The lowest BCUT2D eigenvalue weighted by Gasteiger charge is -2.15. The molecular formula is C10H15BrClNOS. The van der Waals surface area contributed by atoms with E-state index in [0.29, 0.717) is 12.5 Å². The zero-order valence-electron chi connectivity index (χ0n) is 8.71. The molecule has 0 radical (unpaired) electrons. The number of alkyl halides is 1. The smallest absolute Gasteiger partial charge is 0.0602 e. The summed E-state index contributed by atoms with van der Waals surface area (Å²) >= 11 is 10.7. The van der Waals surface area contributed by atoms with Gasteiger partial charge in [-0.05, 0) is 29.0 Å². The molecule has 1 heterocycles. The van der Waals surface area contributed by atoms with Crippen molar-refractivity contribution < 1.29 is 4.74 Å². The number of ether oxygens (including phenoxy) is 1. The normalized spacial score (nSPS) is 11.2. The monoisotopic (exact) mass is 311 g/mol. The maximum absolute atomic E-state index is 5.51. The number of hydrogen-bond acceptors (Lipinski definition) is 3. The molecule has 5 heteroatoms. The van der Waals surface area contributed by atoms with Crippen molar-refractivity contribution in [3.05, 3.63) is 20.8 Å². The van der Waals surface area contributed by atoms with Crippen LogP contribution < -0.4 is 0 Å². The third-order valence-electron chi connectivity index (χ3n) is 1.89. The van der Waals surface area contributed by atoms with Crippen LogP contribution in [0.3, 0.4) is 0 Å². The molecule has 2 nitrogen and oxygen atoms in total. The number of thiophene rings is 1. The fourth-order valence-corrected chi connectivity index (χ4v) is 2.80. The third-order valence-corrected chi connectivity index (χ3v) is 3.72. The van der Waals surface area contributed by atoms with Gasteiger partial charge in [0.1, 0.15) is 0 Å². The Morgan fingerprint density at radius 2 is 2.33 bits per heavy atom. The minimum absolute atomic E-state index is 0.571. The molecule has 0 aliphatic heterocycles. The fraction of sp³-hybridized carbons (Fsp3) is 0.600. The van der Waals surface area contributed by atoms with E-state index in [0.717, 1.165) is 24.2 Å². The quantitative estimate of drug-likeness (QED) is 0.566. The van der Waals surface area contributed by atoms with Gasteiger partial charge in [0.2, 0.25) is 0 Å². The highest BCUT2D eigenvalue weighted by Crippen LogP contribution is 2.20. The van der Waals surface area contributed by atoms with Crippen molar-refractivity contribution in [2.75, 3.05) is 32.7 Å². The molecule has 0 saturated heterocycles. The molecule has 1 aromatic heterocycles. The van der Waals surface area contributed by atoms with Gasteiger partial charge in [-0.3, -0.25) is 4.90 Å². The van der Waals surface area contributed by atoms with Crippen LogP contribution in [0.15, 0.2) is 15.9 Å². The van der Waals surface area contributed by atoms with Gasteiger partial charge < -0.3 is 4.74 Å². The second kappa shape index (κ2) is 7.63. The first-order chi connectivity index (χ1) is 7.22. The Labute approximate surface area is 108 Å². The van der Waals surface area contributed by atoms with Crippen LogP contribution in [0.2, 0.25) is 0 Å². The van der Waals surface area contributed by atoms with E-state index in [1.54, 1.807) is 11.3 Å². The first kappa shape index (κ1) is 13.5. The number of likely N-dealkylation sites (N-methyl/N-ethyl adjacent to an activating group) is 1. The molecule has 1 rings (SSSR count). The highest BCUT2D eigenvalue weighted by atomic mass is 79.9. The van der Waals surface area contributed by atoms with Crippen LogP contribution in [0.5, 0.6) is 0 Å². The second-order valence-corrected chi connectivity index (χ2v) is 5.56. The van der Waals surface area contributed by atoms with E-state index in [-0.39, 0.29) is 0 Å². The molecule has 1 aromatic rings. The molecule has 0 spiro atoms. The molecule has 0 saturated carbocycles. The van der Waals surface area contributed by atoms with Crippen LogP contribution in [-0.2, 0) is 11.3 Å². The molecule has 0 bridgehead atoms. The molecule has 0 fully saturated rings. The summed E-state index contributed by atoms with van der Waals surface area (Å²) in [5.74, 6) is 0.571. The Hall–Kier alpha value is 0.390. The Morgan fingerprint density at radius 3 is 2.93 bits per heavy atom. The van der Waals surface area contributed by atoms with Gasteiger partial charge in [-0.15, -0.1) is 22.9 Å². The van der Waals surface area contributed by atoms with Crippen LogP contribution in [0, 0.1) is 0 Å². The standard InChI is InChI=1S/C10H15BrClNOS/c1-13(3-5-14-4-2-12)7-10-6-9(11)8-15-10/h6,8H,2-5,7H2,1H3. The van der Waals surface area contributed by atoms with Gasteiger partial charge in [0.05, 0.1) is 13.2 Å². The molecule has 15 heavy (non-hydrogen) atoms. The van der Waals surface area contributed by atoms with E-state index < -0.39 is 0 Å². The molecular weight excluding hydrogens is 298 g/mol. The molecule has 0 atom stereocenters. The zero-order chi connectivity index (χ0) is 11.1. The van der Waals surface area contributed by atoms with Gasteiger partial charge in [0, 0.05) is 33.7 Å². The molecule has 86 valence electrons. The van der Waals surface area contributed by atoms with Crippen LogP contribution >= 0.6 is 38.9 Å². The van der Waals surface area contributed by atoms with Crippen molar-refractivity contribution in [3.8, 4) is 0 Å². The van der Waals surface area contributed by atoms with Crippen molar-refractivity contribution in [2.24, 2.45) is 0 Å². The topological polar surface area (TPSA) is 12.5 Å². The van der Waals surface area contributed by atoms with Gasteiger partial charge in [-0.1, -0.05) is 0 Å². The van der Waals surface area contributed by atoms with Gasteiger partial charge in [-0.25, -0.2) is 0 Å². The Balaban J connectivity index is 2.15. The van der Waals surface area contributed by atoms with Crippen LogP contribution in [-0.4, -0.2) is 37.6 Å². The molecule has 0 aromatic carbocycles. The van der Waals surface area contributed by atoms with E-state index in [4.69, 9.17) is 16.3 Å². The zero-order valence-corrected chi connectivity index (χ0v) is 11.9. The largest absolute Gasteiger partial charge is 0.379 e. The van der Waals surface area contributed by atoms with E-state index >= 15 is 0 Å². The highest BCUT2D eigenvalue weighted by molar-refractivity contribution is 9.10. The predicted molar refractivity (Wildman–Crippen MR) is 69.9 cm³/mol. The number of rotatable bonds is 7. The SMILES string of the molecule is CN(CCOCCCl)Cc1cc(Br)cs1. The summed E-state index contributed by atoms with van der Waals surface area (Å²) in [4.78, 5) is 3.61. The minimum atomic E-state index is 0.571.